The second-order valence-corrected chi connectivity index (χ2v) is 5.92. The molecule has 4 heteroatoms. The number of carbonyl (C=O) groups excluding carboxylic acids is 1. The molecule has 1 heterocycles. The molecule has 0 aliphatic carbocycles. The fourth-order valence-electron chi connectivity index (χ4n) is 2.17. The van der Waals surface area contributed by atoms with Crippen molar-refractivity contribution >= 4 is 11.6 Å². The summed E-state index contributed by atoms with van der Waals surface area (Å²) in [5.41, 5.74) is 7.42. The fraction of sp³-hybridized carbons (Fsp3) is 0.500. The van der Waals surface area contributed by atoms with Gasteiger partial charge in [-0.15, -0.1) is 0 Å². The number of benzene rings is 1. The van der Waals surface area contributed by atoms with Gasteiger partial charge in [-0.2, -0.15) is 0 Å². The van der Waals surface area contributed by atoms with Crippen LogP contribution in [0.1, 0.15) is 32.8 Å². The number of amides is 1. The molecule has 2 rings (SSSR count). The first kappa shape index (κ1) is 12.9. The van der Waals surface area contributed by atoms with Gasteiger partial charge in [-0.05, 0) is 23.1 Å². The zero-order valence-corrected chi connectivity index (χ0v) is 11.1. The van der Waals surface area contributed by atoms with E-state index in [0.29, 0.717) is 18.7 Å². The molecular weight excluding hydrogens is 228 g/mol. The van der Waals surface area contributed by atoms with Gasteiger partial charge in [0.25, 0.3) is 0 Å². The van der Waals surface area contributed by atoms with Crippen molar-refractivity contribution in [3.63, 3.8) is 0 Å². The first-order valence-corrected chi connectivity index (χ1v) is 6.18. The van der Waals surface area contributed by atoms with Crippen molar-refractivity contribution in [2.75, 3.05) is 11.4 Å². The second kappa shape index (κ2) is 4.28. The molecule has 0 radical (unpaired) electrons. The summed E-state index contributed by atoms with van der Waals surface area (Å²) in [6.07, 6.45) is 0.346. The highest BCUT2D eigenvalue weighted by atomic mass is 16.3. The van der Waals surface area contributed by atoms with Gasteiger partial charge in [-0.1, -0.05) is 26.8 Å². The Kier molecular flexibility index (Phi) is 3.07. The Labute approximate surface area is 107 Å². The Morgan fingerprint density at radius 1 is 1.39 bits per heavy atom. The fourth-order valence-corrected chi connectivity index (χ4v) is 2.17. The molecule has 1 aliphatic heterocycles. The van der Waals surface area contributed by atoms with Crippen LogP contribution in [0.25, 0.3) is 0 Å². The molecule has 1 unspecified atom stereocenters. The van der Waals surface area contributed by atoms with E-state index in [0.717, 1.165) is 5.56 Å². The van der Waals surface area contributed by atoms with Crippen LogP contribution in [-0.2, 0) is 10.2 Å². The van der Waals surface area contributed by atoms with Crippen LogP contribution in [0.15, 0.2) is 18.2 Å². The summed E-state index contributed by atoms with van der Waals surface area (Å²) in [5, 5.41) is 9.93. The molecule has 0 saturated carbocycles. The van der Waals surface area contributed by atoms with Gasteiger partial charge < -0.3 is 15.7 Å². The Balaban J connectivity index is 2.41. The lowest BCUT2D eigenvalue weighted by Gasteiger charge is -2.23. The number of rotatable bonds is 1. The predicted molar refractivity (Wildman–Crippen MR) is 71.8 cm³/mol. The van der Waals surface area contributed by atoms with E-state index in [2.05, 4.69) is 20.8 Å². The lowest BCUT2D eigenvalue weighted by molar-refractivity contribution is -0.117. The van der Waals surface area contributed by atoms with Crippen LogP contribution in [0.3, 0.4) is 0 Å². The molecule has 1 aromatic carbocycles. The SMILES string of the molecule is CC(C)(C)c1ccc(O)c(N2CC(N)CC2=O)c1. The molecule has 0 spiro atoms. The maximum Gasteiger partial charge on any atom is 0.228 e. The Bertz CT molecular complexity index is 477. The van der Waals surface area contributed by atoms with Gasteiger partial charge in [0, 0.05) is 19.0 Å². The summed E-state index contributed by atoms with van der Waals surface area (Å²) < 4.78 is 0. The normalized spacial score (nSPS) is 20.6. The minimum atomic E-state index is -0.143. The summed E-state index contributed by atoms with van der Waals surface area (Å²) in [5.74, 6) is 0.106. The van der Waals surface area contributed by atoms with Crippen molar-refractivity contribution in [2.24, 2.45) is 5.73 Å². The maximum absolute atomic E-state index is 11.8. The first-order chi connectivity index (χ1) is 8.29. The van der Waals surface area contributed by atoms with Gasteiger partial charge in [0.15, 0.2) is 0 Å². The molecule has 1 amide bonds. The number of anilines is 1. The second-order valence-electron chi connectivity index (χ2n) is 5.92. The number of carbonyl (C=O) groups is 1. The van der Waals surface area contributed by atoms with Gasteiger partial charge in [0.1, 0.15) is 5.75 Å². The molecule has 0 bridgehead atoms. The highest BCUT2D eigenvalue weighted by molar-refractivity contribution is 5.97. The number of hydrogen-bond acceptors (Lipinski definition) is 3. The lowest BCUT2D eigenvalue weighted by Crippen LogP contribution is -2.28. The summed E-state index contributed by atoms with van der Waals surface area (Å²) in [6, 6.07) is 5.27. The summed E-state index contributed by atoms with van der Waals surface area (Å²) in [6.45, 7) is 6.77. The maximum atomic E-state index is 11.8. The van der Waals surface area contributed by atoms with E-state index in [9.17, 15) is 9.90 Å². The van der Waals surface area contributed by atoms with E-state index < -0.39 is 0 Å². The molecule has 98 valence electrons. The third-order valence-corrected chi connectivity index (χ3v) is 3.29. The molecule has 1 atom stereocenters. The third-order valence-electron chi connectivity index (χ3n) is 3.29. The van der Waals surface area contributed by atoms with Crippen LogP contribution in [0.5, 0.6) is 5.75 Å². The number of nitrogens with zero attached hydrogens (tertiary/aromatic N) is 1. The van der Waals surface area contributed by atoms with Crippen LogP contribution in [0, 0.1) is 0 Å². The number of phenolic OH excluding ortho intramolecular Hbond substituents is 1. The van der Waals surface area contributed by atoms with E-state index >= 15 is 0 Å². The highest BCUT2D eigenvalue weighted by Gasteiger charge is 2.30. The summed E-state index contributed by atoms with van der Waals surface area (Å²) in [7, 11) is 0. The quantitative estimate of drug-likeness (QED) is 0.795. The molecule has 1 aromatic rings. The largest absolute Gasteiger partial charge is 0.506 e. The van der Waals surface area contributed by atoms with Gasteiger partial charge in [-0.25, -0.2) is 0 Å². The van der Waals surface area contributed by atoms with Gasteiger partial charge in [0.2, 0.25) is 5.91 Å². The van der Waals surface area contributed by atoms with Crippen molar-refractivity contribution in [3.05, 3.63) is 23.8 Å². The monoisotopic (exact) mass is 248 g/mol. The Morgan fingerprint density at radius 3 is 2.56 bits per heavy atom. The predicted octanol–water partition coefficient (Wildman–Crippen LogP) is 1.75. The molecular formula is C14H20N2O2. The van der Waals surface area contributed by atoms with E-state index in [-0.39, 0.29) is 23.1 Å². The van der Waals surface area contributed by atoms with Gasteiger partial charge >= 0.3 is 0 Å². The van der Waals surface area contributed by atoms with Crippen LogP contribution in [0.2, 0.25) is 0 Å². The minimum Gasteiger partial charge on any atom is -0.506 e. The van der Waals surface area contributed by atoms with E-state index in [1.165, 1.54) is 0 Å². The van der Waals surface area contributed by atoms with Crippen LogP contribution in [-0.4, -0.2) is 23.6 Å². The van der Waals surface area contributed by atoms with Crippen molar-refractivity contribution in [3.8, 4) is 5.75 Å². The smallest absolute Gasteiger partial charge is 0.228 e. The molecule has 3 N–H and O–H groups in total. The number of nitrogens with two attached hydrogens (primary N) is 1. The zero-order chi connectivity index (χ0) is 13.5. The van der Waals surface area contributed by atoms with E-state index in [4.69, 9.17) is 5.73 Å². The van der Waals surface area contributed by atoms with Crippen molar-refractivity contribution in [1.29, 1.82) is 0 Å². The molecule has 1 saturated heterocycles. The number of hydrogen-bond donors (Lipinski definition) is 2. The van der Waals surface area contributed by atoms with Crippen molar-refractivity contribution in [2.45, 2.75) is 38.6 Å². The minimum absolute atomic E-state index is 0.0205. The van der Waals surface area contributed by atoms with Crippen LogP contribution < -0.4 is 10.6 Å². The number of phenols is 1. The highest BCUT2D eigenvalue weighted by Crippen LogP contribution is 2.34. The van der Waals surface area contributed by atoms with E-state index in [1.807, 2.05) is 12.1 Å². The van der Waals surface area contributed by atoms with Crippen LogP contribution >= 0.6 is 0 Å². The molecule has 1 fully saturated rings. The topological polar surface area (TPSA) is 66.6 Å². The van der Waals surface area contributed by atoms with Gasteiger partial charge in [0.05, 0.1) is 5.69 Å². The van der Waals surface area contributed by atoms with Crippen LogP contribution in [0.4, 0.5) is 5.69 Å². The van der Waals surface area contributed by atoms with Crippen molar-refractivity contribution in [1.82, 2.24) is 0 Å². The molecule has 1 aliphatic rings. The van der Waals surface area contributed by atoms with Gasteiger partial charge in [-0.3, -0.25) is 4.79 Å². The molecule has 4 nitrogen and oxygen atoms in total. The average Bonchev–Trinajstić information content (AvgIpc) is 2.56. The zero-order valence-electron chi connectivity index (χ0n) is 11.1. The standard InChI is InChI=1S/C14H20N2O2/c1-14(2,3)9-4-5-12(17)11(6-9)16-8-10(15)7-13(16)18/h4-6,10,17H,7-8,15H2,1-3H3. The van der Waals surface area contributed by atoms with Crippen molar-refractivity contribution < 1.29 is 9.90 Å². The molecule has 0 aromatic heterocycles. The summed E-state index contributed by atoms with van der Waals surface area (Å²) in [4.78, 5) is 13.4. The Morgan fingerprint density at radius 2 is 2.06 bits per heavy atom. The summed E-state index contributed by atoms with van der Waals surface area (Å²) >= 11 is 0. The van der Waals surface area contributed by atoms with E-state index in [1.54, 1.807) is 11.0 Å². The third kappa shape index (κ3) is 2.34. The lowest BCUT2D eigenvalue weighted by atomic mass is 9.86. The Hall–Kier alpha value is -1.55. The average molecular weight is 248 g/mol. The first-order valence-electron chi connectivity index (χ1n) is 6.18. The molecule has 18 heavy (non-hydrogen) atoms. The number of aromatic hydroxyl groups is 1.